The Hall–Kier alpha value is -2.01. The highest BCUT2D eigenvalue weighted by molar-refractivity contribution is 5.19. The van der Waals surface area contributed by atoms with Crippen LogP contribution in [0.3, 0.4) is 0 Å². The van der Waals surface area contributed by atoms with Gasteiger partial charge in [0.15, 0.2) is 0 Å². The molecule has 74 valence electrons. The van der Waals surface area contributed by atoms with Crippen molar-refractivity contribution < 1.29 is 0 Å². The Kier molecular flexibility index (Phi) is 2.85. The highest BCUT2D eigenvalue weighted by atomic mass is 15.0. The van der Waals surface area contributed by atoms with Gasteiger partial charge in [0.05, 0.1) is 6.54 Å². The summed E-state index contributed by atoms with van der Waals surface area (Å²) in [5, 5.41) is 0. The van der Waals surface area contributed by atoms with Gasteiger partial charge in [0.2, 0.25) is 0 Å². The molecule has 2 heteroatoms. The fourth-order valence-electron chi connectivity index (χ4n) is 1.53. The molecule has 0 saturated heterocycles. The van der Waals surface area contributed by atoms with E-state index in [0.29, 0.717) is 6.54 Å². The van der Waals surface area contributed by atoms with Gasteiger partial charge in [-0.1, -0.05) is 36.3 Å². The van der Waals surface area contributed by atoms with Crippen LogP contribution < -0.4 is 0 Å². The van der Waals surface area contributed by atoms with E-state index >= 15 is 0 Å². The standard InChI is InChI=1S/C13H12N2/c1-2-9-15-10-8-14-13(15)11-12-6-4-3-5-7-12/h1,3-8,10H,9,11H2. The maximum absolute atomic E-state index is 5.28. The smallest absolute Gasteiger partial charge is 0.113 e. The zero-order valence-corrected chi connectivity index (χ0v) is 8.43. The number of hydrogen-bond acceptors (Lipinski definition) is 1. The van der Waals surface area contributed by atoms with Gasteiger partial charge in [-0.2, -0.15) is 0 Å². The van der Waals surface area contributed by atoms with Crippen molar-refractivity contribution in [1.29, 1.82) is 0 Å². The molecule has 0 amide bonds. The van der Waals surface area contributed by atoms with Crippen molar-refractivity contribution in [3.05, 3.63) is 54.1 Å². The van der Waals surface area contributed by atoms with Crippen LogP contribution >= 0.6 is 0 Å². The summed E-state index contributed by atoms with van der Waals surface area (Å²) in [6.07, 6.45) is 9.81. The number of aromatic nitrogens is 2. The van der Waals surface area contributed by atoms with E-state index < -0.39 is 0 Å². The summed E-state index contributed by atoms with van der Waals surface area (Å²) in [6, 6.07) is 10.3. The Labute approximate surface area is 89.6 Å². The third-order valence-electron chi connectivity index (χ3n) is 2.27. The van der Waals surface area contributed by atoms with Crippen LogP contribution in [-0.2, 0) is 13.0 Å². The van der Waals surface area contributed by atoms with E-state index in [1.165, 1.54) is 5.56 Å². The predicted molar refractivity (Wildman–Crippen MR) is 60.3 cm³/mol. The molecule has 0 saturated carbocycles. The summed E-state index contributed by atoms with van der Waals surface area (Å²) >= 11 is 0. The lowest BCUT2D eigenvalue weighted by molar-refractivity contribution is 0.771. The van der Waals surface area contributed by atoms with Crippen molar-refractivity contribution in [2.45, 2.75) is 13.0 Å². The minimum Gasteiger partial charge on any atom is -0.323 e. The van der Waals surface area contributed by atoms with Crippen LogP contribution in [0.1, 0.15) is 11.4 Å². The number of benzene rings is 1. The van der Waals surface area contributed by atoms with E-state index in [4.69, 9.17) is 6.42 Å². The van der Waals surface area contributed by atoms with E-state index in [1.807, 2.05) is 29.0 Å². The lowest BCUT2D eigenvalue weighted by Gasteiger charge is -2.03. The van der Waals surface area contributed by atoms with Gasteiger partial charge in [-0.3, -0.25) is 0 Å². The van der Waals surface area contributed by atoms with Gasteiger partial charge in [0.25, 0.3) is 0 Å². The van der Waals surface area contributed by atoms with E-state index in [9.17, 15) is 0 Å². The van der Waals surface area contributed by atoms with Crippen LogP contribution in [-0.4, -0.2) is 9.55 Å². The second-order valence-electron chi connectivity index (χ2n) is 3.34. The average molecular weight is 196 g/mol. The fraction of sp³-hybridized carbons (Fsp3) is 0.154. The molecule has 1 aromatic heterocycles. The molecule has 15 heavy (non-hydrogen) atoms. The van der Waals surface area contributed by atoms with E-state index in [0.717, 1.165) is 12.2 Å². The maximum atomic E-state index is 5.28. The molecule has 0 atom stereocenters. The highest BCUT2D eigenvalue weighted by Gasteiger charge is 2.02. The molecule has 1 aromatic carbocycles. The summed E-state index contributed by atoms with van der Waals surface area (Å²) < 4.78 is 1.99. The zero-order valence-electron chi connectivity index (χ0n) is 8.43. The van der Waals surface area contributed by atoms with Gasteiger partial charge in [-0.15, -0.1) is 6.42 Å². The van der Waals surface area contributed by atoms with Crippen molar-refractivity contribution in [1.82, 2.24) is 9.55 Å². The van der Waals surface area contributed by atoms with Gasteiger partial charge in [-0.05, 0) is 5.56 Å². The molecule has 0 radical (unpaired) electrons. The molecule has 0 aliphatic carbocycles. The maximum Gasteiger partial charge on any atom is 0.113 e. The first kappa shape index (κ1) is 9.54. The molecule has 2 aromatic rings. The molecule has 0 unspecified atom stereocenters. The minimum absolute atomic E-state index is 0.585. The molecule has 0 N–H and O–H groups in total. The van der Waals surface area contributed by atoms with Crippen molar-refractivity contribution in [3.63, 3.8) is 0 Å². The minimum atomic E-state index is 0.585. The van der Waals surface area contributed by atoms with Gasteiger partial charge >= 0.3 is 0 Å². The number of terminal acetylenes is 1. The first-order valence-corrected chi connectivity index (χ1v) is 4.87. The van der Waals surface area contributed by atoms with E-state index in [-0.39, 0.29) is 0 Å². The van der Waals surface area contributed by atoms with Crippen molar-refractivity contribution in [3.8, 4) is 12.3 Å². The van der Waals surface area contributed by atoms with E-state index in [2.05, 4.69) is 23.0 Å². The van der Waals surface area contributed by atoms with Crippen LogP contribution in [0.4, 0.5) is 0 Å². The zero-order chi connectivity index (χ0) is 10.5. The summed E-state index contributed by atoms with van der Waals surface area (Å²) in [5.41, 5.74) is 1.25. The molecule has 0 fully saturated rings. The third-order valence-corrected chi connectivity index (χ3v) is 2.27. The van der Waals surface area contributed by atoms with E-state index in [1.54, 1.807) is 6.20 Å². The second kappa shape index (κ2) is 4.47. The number of rotatable bonds is 3. The van der Waals surface area contributed by atoms with Gasteiger partial charge < -0.3 is 4.57 Å². The Balaban J connectivity index is 2.18. The fourth-order valence-corrected chi connectivity index (χ4v) is 1.53. The van der Waals surface area contributed by atoms with Gasteiger partial charge in [0, 0.05) is 18.8 Å². The highest BCUT2D eigenvalue weighted by Crippen LogP contribution is 2.07. The summed E-state index contributed by atoms with van der Waals surface area (Å²) in [5.74, 6) is 3.63. The van der Waals surface area contributed by atoms with Crippen LogP contribution in [0.25, 0.3) is 0 Å². The van der Waals surface area contributed by atoms with Crippen LogP contribution in [0.2, 0.25) is 0 Å². The molecular formula is C13H12N2. The lowest BCUT2D eigenvalue weighted by Crippen LogP contribution is -2.02. The van der Waals surface area contributed by atoms with Crippen LogP contribution in [0.5, 0.6) is 0 Å². The summed E-state index contributed by atoms with van der Waals surface area (Å²) in [7, 11) is 0. The average Bonchev–Trinajstić information content (AvgIpc) is 2.68. The van der Waals surface area contributed by atoms with Gasteiger partial charge in [-0.25, -0.2) is 4.98 Å². The monoisotopic (exact) mass is 196 g/mol. The van der Waals surface area contributed by atoms with Crippen molar-refractivity contribution in [2.75, 3.05) is 0 Å². The predicted octanol–water partition coefficient (Wildman–Crippen LogP) is 2.11. The van der Waals surface area contributed by atoms with Crippen LogP contribution in [0, 0.1) is 12.3 Å². The quantitative estimate of drug-likeness (QED) is 0.687. The second-order valence-corrected chi connectivity index (χ2v) is 3.34. The third kappa shape index (κ3) is 2.26. The number of nitrogens with zero attached hydrogens (tertiary/aromatic N) is 2. The SMILES string of the molecule is C#CCn1ccnc1Cc1ccccc1. The molecular weight excluding hydrogens is 184 g/mol. The largest absolute Gasteiger partial charge is 0.323 e. The van der Waals surface area contributed by atoms with Crippen molar-refractivity contribution in [2.24, 2.45) is 0 Å². The van der Waals surface area contributed by atoms with Gasteiger partial charge in [0.1, 0.15) is 5.82 Å². The molecule has 0 aliphatic rings. The normalized spacial score (nSPS) is 9.80. The Morgan fingerprint density at radius 1 is 1.27 bits per heavy atom. The summed E-state index contributed by atoms with van der Waals surface area (Å²) in [6.45, 7) is 0.585. The topological polar surface area (TPSA) is 17.8 Å². The molecule has 0 aliphatic heterocycles. The number of imidazole rings is 1. The Morgan fingerprint density at radius 3 is 2.80 bits per heavy atom. The molecule has 1 heterocycles. The number of hydrogen-bond donors (Lipinski definition) is 0. The molecule has 0 bridgehead atoms. The first-order valence-electron chi connectivity index (χ1n) is 4.87. The summed E-state index contributed by atoms with van der Waals surface area (Å²) in [4.78, 5) is 4.30. The molecule has 0 spiro atoms. The molecule has 2 nitrogen and oxygen atoms in total. The first-order chi connectivity index (χ1) is 7.40. The Bertz CT molecular complexity index is 463. The van der Waals surface area contributed by atoms with Crippen LogP contribution in [0.15, 0.2) is 42.7 Å². The lowest BCUT2D eigenvalue weighted by atomic mass is 10.1. The molecule has 2 rings (SSSR count). The Morgan fingerprint density at radius 2 is 2.07 bits per heavy atom. The van der Waals surface area contributed by atoms with Crippen molar-refractivity contribution >= 4 is 0 Å².